The summed E-state index contributed by atoms with van der Waals surface area (Å²) in [6, 6.07) is 0. The third kappa shape index (κ3) is 5.88. The fourth-order valence-corrected chi connectivity index (χ4v) is 2.38. The van der Waals surface area contributed by atoms with E-state index in [0.29, 0.717) is 13.1 Å². The van der Waals surface area contributed by atoms with Crippen molar-refractivity contribution in [2.24, 2.45) is 5.92 Å². The third-order valence-corrected chi connectivity index (χ3v) is 3.60. The Bertz CT molecular complexity index is 323. The van der Waals surface area contributed by atoms with Gasteiger partial charge < -0.3 is 15.3 Å². The second kappa shape index (κ2) is 8.92. The molecule has 1 fully saturated rings. The third-order valence-electron chi connectivity index (χ3n) is 3.60. The number of amides is 2. The lowest BCUT2D eigenvalue weighted by molar-refractivity contribution is -0.136. The SMILES string of the molecule is CCCNC(=O)CN(C)C(=O)CN1CCCC(CO)C1. The molecule has 0 bridgehead atoms. The molecule has 0 spiro atoms. The maximum Gasteiger partial charge on any atom is 0.239 e. The van der Waals surface area contributed by atoms with Crippen LogP contribution in [0.3, 0.4) is 0 Å². The lowest BCUT2D eigenvalue weighted by Gasteiger charge is -2.32. The maximum absolute atomic E-state index is 12.1. The first-order valence-corrected chi connectivity index (χ1v) is 7.40. The molecule has 1 atom stereocenters. The van der Waals surface area contributed by atoms with Crippen molar-refractivity contribution in [1.29, 1.82) is 0 Å². The molecule has 0 radical (unpaired) electrons. The maximum atomic E-state index is 12.1. The standard InChI is InChI=1S/C14H27N3O3/c1-3-6-15-13(19)9-16(2)14(20)10-17-7-4-5-12(8-17)11-18/h12,18H,3-11H2,1-2H3,(H,15,19). The molecule has 0 aromatic heterocycles. The molecule has 0 aromatic carbocycles. The first-order valence-electron chi connectivity index (χ1n) is 7.40. The summed E-state index contributed by atoms with van der Waals surface area (Å²) in [6.45, 7) is 4.90. The van der Waals surface area contributed by atoms with E-state index in [1.807, 2.05) is 6.92 Å². The van der Waals surface area contributed by atoms with E-state index in [-0.39, 0.29) is 30.9 Å². The zero-order valence-electron chi connectivity index (χ0n) is 12.6. The summed E-state index contributed by atoms with van der Waals surface area (Å²) in [5.74, 6) is 0.111. The molecule has 0 aromatic rings. The number of likely N-dealkylation sites (tertiary alicyclic amines) is 1. The summed E-state index contributed by atoms with van der Waals surface area (Å²) in [6.07, 6.45) is 2.93. The summed E-state index contributed by atoms with van der Waals surface area (Å²) in [5, 5.41) is 11.9. The quantitative estimate of drug-likeness (QED) is 0.672. The average molecular weight is 285 g/mol. The number of aliphatic hydroxyl groups excluding tert-OH is 1. The van der Waals surface area contributed by atoms with Crippen LogP contribution in [0.1, 0.15) is 26.2 Å². The zero-order chi connectivity index (χ0) is 15.0. The van der Waals surface area contributed by atoms with Gasteiger partial charge in [-0.25, -0.2) is 0 Å². The van der Waals surface area contributed by atoms with Crippen molar-refractivity contribution in [1.82, 2.24) is 15.1 Å². The van der Waals surface area contributed by atoms with E-state index in [0.717, 1.165) is 32.4 Å². The van der Waals surface area contributed by atoms with Gasteiger partial charge in [0.05, 0.1) is 13.1 Å². The predicted octanol–water partition coefficient (Wildman–Crippen LogP) is -0.325. The lowest BCUT2D eigenvalue weighted by Crippen LogP contribution is -2.46. The highest BCUT2D eigenvalue weighted by Gasteiger charge is 2.22. The summed E-state index contributed by atoms with van der Waals surface area (Å²) in [5.41, 5.74) is 0. The van der Waals surface area contributed by atoms with Crippen molar-refractivity contribution >= 4 is 11.8 Å². The topological polar surface area (TPSA) is 72.9 Å². The van der Waals surface area contributed by atoms with Crippen LogP contribution >= 0.6 is 0 Å². The molecule has 1 aliphatic heterocycles. The number of nitrogens with zero attached hydrogens (tertiary/aromatic N) is 2. The Morgan fingerprint density at radius 3 is 2.85 bits per heavy atom. The molecule has 20 heavy (non-hydrogen) atoms. The van der Waals surface area contributed by atoms with Crippen LogP contribution in [0, 0.1) is 5.92 Å². The second-order valence-corrected chi connectivity index (χ2v) is 5.53. The Hall–Kier alpha value is -1.14. The van der Waals surface area contributed by atoms with Crippen molar-refractivity contribution < 1.29 is 14.7 Å². The van der Waals surface area contributed by atoms with E-state index >= 15 is 0 Å². The van der Waals surface area contributed by atoms with Crippen LogP contribution < -0.4 is 5.32 Å². The highest BCUT2D eigenvalue weighted by molar-refractivity contribution is 5.85. The lowest BCUT2D eigenvalue weighted by atomic mass is 9.99. The monoisotopic (exact) mass is 285 g/mol. The number of nitrogens with one attached hydrogen (secondary N) is 1. The first-order chi connectivity index (χ1) is 9.56. The molecule has 1 saturated heterocycles. The number of likely N-dealkylation sites (N-methyl/N-ethyl adjacent to an activating group) is 1. The van der Waals surface area contributed by atoms with E-state index in [1.54, 1.807) is 7.05 Å². The molecule has 1 heterocycles. The van der Waals surface area contributed by atoms with Gasteiger partial charge >= 0.3 is 0 Å². The summed E-state index contributed by atoms with van der Waals surface area (Å²) >= 11 is 0. The van der Waals surface area contributed by atoms with Crippen molar-refractivity contribution in [2.45, 2.75) is 26.2 Å². The highest BCUT2D eigenvalue weighted by Crippen LogP contribution is 2.15. The van der Waals surface area contributed by atoms with Crippen LogP contribution in [0.25, 0.3) is 0 Å². The molecule has 1 unspecified atom stereocenters. The van der Waals surface area contributed by atoms with Crippen molar-refractivity contribution in [3.05, 3.63) is 0 Å². The van der Waals surface area contributed by atoms with Crippen molar-refractivity contribution in [3.63, 3.8) is 0 Å². The molecule has 6 heteroatoms. The van der Waals surface area contributed by atoms with Gasteiger partial charge in [0, 0.05) is 26.7 Å². The van der Waals surface area contributed by atoms with Gasteiger partial charge in [-0.2, -0.15) is 0 Å². The van der Waals surface area contributed by atoms with Gasteiger partial charge in [0.2, 0.25) is 11.8 Å². The molecule has 6 nitrogen and oxygen atoms in total. The number of carbonyl (C=O) groups excluding carboxylic acids is 2. The van der Waals surface area contributed by atoms with Crippen LogP contribution in [0.5, 0.6) is 0 Å². The highest BCUT2D eigenvalue weighted by atomic mass is 16.3. The molecule has 116 valence electrons. The Balaban J connectivity index is 2.32. The number of rotatable bonds is 7. The molecule has 1 aliphatic rings. The number of hydrogen-bond donors (Lipinski definition) is 2. The zero-order valence-corrected chi connectivity index (χ0v) is 12.6. The molecular weight excluding hydrogens is 258 g/mol. The van der Waals surface area contributed by atoms with Crippen LogP contribution in [0.2, 0.25) is 0 Å². The first kappa shape index (κ1) is 16.9. The summed E-state index contributed by atoms with van der Waals surface area (Å²) < 4.78 is 0. The van der Waals surface area contributed by atoms with Gasteiger partial charge in [-0.3, -0.25) is 14.5 Å². The van der Waals surface area contributed by atoms with Crippen LogP contribution in [-0.4, -0.2) is 73.1 Å². The summed E-state index contributed by atoms with van der Waals surface area (Å²) in [4.78, 5) is 27.1. The fraction of sp³-hybridized carbons (Fsp3) is 0.857. The minimum Gasteiger partial charge on any atom is -0.396 e. The molecule has 2 amide bonds. The van der Waals surface area contributed by atoms with Crippen LogP contribution in [0.15, 0.2) is 0 Å². The van der Waals surface area contributed by atoms with Gasteiger partial charge in [0.1, 0.15) is 0 Å². The molecule has 0 aliphatic carbocycles. The van der Waals surface area contributed by atoms with Crippen LogP contribution in [0.4, 0.5) is 0 Å². The Morgan fingerprint density at radius 2 is 2.20 bits per heavy atom. The fourth-order valence-electron chi connectivity index (χ4n) is 2.38. The van der Waals surface area contributed by atoms with Gasteiger partial charge in [-0.1, -0.05) is 6.92 Å². The predicted molar refractivity (Wildman–Crippen MR) is 77.2 cm³/mol. The van der Waals surface area contributed by atoms with E-state index < -0.39 is 0 Å². The minimum atomic E-state index is -0.116. The normalized spacial score (nSPS) is 19.6. The van der Waals surface area contributed by atoms with E-state index in [1.165, 1.54) is 4.90 Å². The van der Waals surface area contributed by atoms with Gasteiger partial charge in [0.15, 0.2) is 0 Å². The second-order valence-electron chi connectivity index (χ2n) is 5.53. The molecule has 2 N–H and O–H groups in total. The smallest absolute Gasteiger partial charge is 0.239 e. The van der Waals surface area contributed by atoms with E-state index in [2.05, 4.69) is 10.2 Å². The minimum absolute atomic E-state index is 0.0461. The summed E-state index contributed by atoms with van der Waals surface area (Å²) in [7, 11) is 1.65. The average Bonchev–Trinajstić information content (AvgIpc) is 2.45. The number of piperidine rings is 1. The number of carbonyl (C=O) groups is 2. The number of hydrogen-bond acceptors (Lipinski definition) is 4. The van der Waals surface area contributed by atoms with Gasteiger partial charge in [-0.15, -0.1) is 0 Å². The number of aliphatic hydroxyl groups is 1. The van der Waals surface area contributed by atoms with Crippen molar-refractivity contribution in [3.8, 4) is 0 Å². The Labute approximate surface area is 121 Å². The van der Waals surface area contributed by atoms with Gasteiger partial charge in [0.25, 0.3) is 0 Å². The Morgan fingerprint density at radius 1 is 1.45 bits per heavy atom. The van der Waals surface area contributed by atoms with Crippen molar-refractivity contribution in [2.75, 3.05) is 46.4 Å². The Kier molecular flexibility index (Phi) is 7.54. The molecule has 0 saturated carbocycles. The largest absolute Gasteiger partial charge is 0.396 e. The van der Waals surface area contributed by atoms with Gasteiger partial charge in [-0.05, 0) is 31.7 Å². The molecule has 1 rings (SSSR count). The van der Waals surface area contributed by atoms with Crippen LogP contribution in [-0.2, 0) is 9.59 Å². The molecular formula is C14H27N3O3. The van der Waals surface area contributed by atoms with E-state index in [4.69, 9.17) is 0 Å². The van der Waals surface area contributed by atoms with E-state index in [9.17, 15) is 14.7 Å².